The van der Waals surface area contributed by atoms with Gasteiger partial charge < -0.3 is 10.0 Å². The fourth-order valence-electron chi connectivity index (χ4n) is 6.31. The van der Waals surface area contributed by atoms with E-state index in [0.29, 0.717) is 17.9 Å². The molecule has 4 atom stereocenters. The summed E-state index contributed by atoms with van der Waals surface area (Å²) >= 11 is 0. The van der Waals surface area contributed by atoms with Crippen molar-refractivity contribution in [1.29, 1.82) is 5.41 Å². The Kier molecular flexibility index (Phi) is 6.80. The molecule has 1 amide bonds. The van der Waals surface area contributed by atoms with Crippen LogP contribution in [0, 0.1) is 17.2 Å². The van der Waals surface area contributed by atoms with Gasteiger partial charge in [-0.05, 0) is 43.9 Å². The molecule has 4 aliphatic rings. The lowest BCUT2D eigenvalue weighted by atomic mass is 9.81. The van der Waals surface area contributed by atoms with Crippen LogP contribution in [0.1, 0.15) is 77.0 Å². The number of carbonyl (C=O) groups excluding carboxylic acids is 1. The van der Waals surface area contributed by atoms with Crippen molar-refractivity contribution in [3.63, 3.8) is 0 Å². The van der Waals surface area contributed by atoms with E-state index in [1.54, 1.807) is 11.9 Å². The summed E-state index contributed by atoms with van der Waals surface area (Å²) in [6, 6.07) is 0.430. The number of likely N-dealkylation sites (tertiary alicyclic amines) is 1. The lowest BCUT2D eigenvalue weighted by Crippen LogP contribution is -2.41. The molecule has 0 aromatic heterocycles. The molecule has 29 heavy (non-hydrogen) atoms. The van der Waals surface area contributed by atoms with Gasteiger partial charge in [0.1, 0.15) is 6.04 Å². The summed E-state index contributed by atoms with van der Waals surface area (Å²) in [7, 11) is 1.77. The van der Waals surface area contributed by atoms with E-state index in [9.17, 15) is 9.90 Å². The summed E-state index contributed by atoms with van der Waals surface area (Å²) in [4.78, 5) is 19.1. The second-order valence-corrected chi connectivity index (χ2v) is 10.1. The lowest BCUT2D eigenvalue weighted by Gasteiger charge is -2.37. The van der Waals surface area contributed by atoms with Crippen molar-refractivity contribution in [2.75, 3.05) is 26.7 Å². The monoisotopic (exact) mass is 404 g/mol. The zero-order chi connectivity index (χ0) is 20.4. The molecule has 164 valence electrons. The molecule has 2 saturated carbocycles. The number of likely N-dealkylation sites (N-methyl/N-ethyl adjacent to an activating group) is 1. The van der Waals surface area contributed by atoms with Gasteiger partial charge in [0.2, 0.25) is 5.96 Å². The van der Waals surface area contributed by atoms with Crippen LogP contribution in [0.15, 0.2) is 0 Å². The van der Waals surface area contributed by atoms with Crippen molar-refractivity contribution in [1.82, 2.24) is 14.7 Å². The second kappa shape index (κ2) is 9.34. The van der Waals surface area contributed by atoms with Gasteiger partial charge in [-0.3, -0.25) is 20.0 Å². The first-order valence-electron chi connectivity index (χ1n) is 12.1. The number of β-amino-alcohol motifs (C(OH)–C–C–N with tert-alkyl or cyclic N) is 1. The highest BCUT2D eigenvalue weighted by atomic mass is 16.3. The van der Waals surface area contributed by atoms with E-state index < -0.39 is 0 Å². The summed E-state index contributed by atoms with van der Waals surface area (Å²) in [5.74, 6) is 1.86. The number of nitrogens with one attached hydrogen (secondary N) is 1. The maximum atomic E-state index is 12.9. The number of aliphatic hydroxyl groups is 1. The minimum Gasteiger partial charge on any atom is -0.392 e. The van der Waals surface area contributed by atoms with Crippen LogP contribution < -0.4 is 0 Å². The summed E-state index contributed by atoms with van der Waals surface area (Å²) in [6.45, 7) is 2.70. The van der Waals surface area contributed by atoms with E-state index in [4.69, 9.17) is 5.41 Å². The van der Waals surface area contributed by atoms with E-state index in [2.05, 4.69) is 9.80 Å². The fourth-order valence-corrected chi connectivity index (χ4v) is 6.31. The maximum absolute atomic E-state index is 12.9. The van der Waals surface area contributed by atoms with Gasteiger partial charge in [0.25, 0.3) is 5.91 Å². The summed E-state index contributed by atoms with van der Waals surface area (Å²) in [5.41, 5.74) is 0. The molecule has 0 aromatic rings. The third-order valence-electron chi connectivity index (χ3n) is 8.11. The molecule has 0 aromatic carbocycles. The first-order valence-corrected chi connectivity index (χ1v) is 12.1. The van der Waals surface area contributed by atoms with Crippen LogP contribution in [-0.2, 0) is 4.79 Å². The normalized spacial score (nSPS) is 35.1. The van der Waals surface area contributed by atoms with E-state index in [0.717, 1.165) is 51.2 Å². The van der Waals surface area contributed by atoms with Gasteiger partial charge in [-0.15, -0.1) is 0 Å². The molecule has 6 nitrogen and oxygen atoms in total. The van der Waals surface area contributed by atoms with Gasteiger partial charge in [-0.25, -0.2) is 0 Å². The molecule has 2 aliphatic carbocycles. The molecule has 4 fully saturated rings. The van der Waals surface area contributed by atoms with Crippen molar-refractivity contribution in [3.8, 4) is 0 Å². The van der Waals surface area contributed by atoms with Crippen LogP contribution >= 0.6 is 0 Å². The highest BCUT2D eigenvalue weighted by Gasteiger charge is 2.42. The molecule has 0 unspecified atom stereocenters. The van der Waals surface area contributed by atoms with Gasteiger partial charge in [0.15, 0.2) is 0 Å². The molecule has 4 rings (SSSR count). The molecule has 0 spiro atoms. The standard InChI is InChI=1S/C23H40N4O2/c1-25-22(29)21(27(23(25)24)13-10-17-6-3-2-4-7-17)15-18-8-5-9-19(14-18)26-12-11-20(28)16-26/h17-21,24,28H,2-16H2,1H3/t18-,19-,20-,21-/m1/s1. The highest BCUT2D eigenvalue weighted by Crippen LogP contribution is 2.35. The number of aliphatic hydroxyl groups excluding tert-OH is 1. The maximum Gasteiger partial charge on any atom is 0.251 e. The fraction of sp³-hybridized carbons (Fsp3) is 0.913. The average Bonchev–Trinajstić information content (AvgIpc) is 3.26. The summed E-state index contributed by atoms with van der Waals surface area (Å²) < 4.78 is 0. The Hall–Kier alpha value is -1.14. The van der Waals surface area contributed by atoms with Crippen LogP contribution in [0.5, 0.6) is 0 Å². The van der Waals surface area contributed by atoms with Gasteiger partial charge >= 0.3 is 0 Å². The first-order chi connectivity index (χ1) is 14.0. The van der Waals surface area contributed by atoms with E-state index in [1.165, 1.54) is 51.4 Å². The topological polar surface area (TPSA) is 70.9 Å². The van der Waals surface area contributed by atoms with Crippen LogP contribution in [0.2, 0.25) is 0 Å². The van der Waals surface area contributed by atoms with Crippen LogP contribution in [0.25, 0.3) is 0 Å². The summed E-state index contributed by atoms with van der Waals surface area (Å²) in [6.07, 6.45) is 14.3. The Bertz CT molecular complexity index is 591. The van der Waals surface area contributed by atoms with Gasteiger partial charge in [-0.1, -0.05) is 44.9 Å². The SMILES string of the molecule is CN1C(=N)N(CCC2CCCCC2)[C@H](C[C@@H]2CCC[C@@H](N3CC[C@@H](O)C3)C2)C1=O. The van der Waals surface area contributed by atoms with Crippen molar-refractivity contribution < 1.29 is 9.90 Å². The van der Waals surface area contributed by atoms with Crippen LogP contribution in [-0.4, -0.2) is 76.5 Å². The Labute approximate surface area is 176 Å². The van der Waals surface area contributed by atoms with E-state index >= 15 is 0 Å². The number of hydrogen-bond acceptors (Lipinski definition) is 4. The molecule has 2 saturated heterocycles. The molecule has 0 bridgehead atoms. The lowest BCUT2D eigenvalue weighted by molar-refractivity contribution is -0.127. The minimum absolute atomic E-state index is 0.123. The molecule has 2 aliphatic heterocycles. The predicted molar refractivity (Wildman–Crippen MR) is 115 cm³/mol. The van der Waals surface area contributed by atoms with E-state index in [-0.39, 0.29) is 18.1 Å². The van der Waals surface area contributed by atoms with Crippen molar-refractivity contribution in [2.24, 2.45) is 11.8 Å². The molecule has 2 N–H and O–H groups in total. The van der Waals surface area contributed by atoms with Crippen LogP contribution in [0.4, 0.5) is 0 Å². The van der Waals surface area contributed by atoms with Crippen LogP contribution in [0.3, 0.4) is 0 Å². The highest BCUT2D eigenvalue weighted by molar-refractivity contribution is 6.04. The smallest absolute Gasteiger partial charge is 0.251 e. The third kappa shape index (κ3) is 4.79. The molecule has 6 heteroatoms. The Morgan fingerprint density at radius 3 is 2.52 bits per heavy atom. The molecular formula is C23H40N4O2. The Balaban J connectivity index is 1.35. The Morgan fingerprint density at radius 1 is 1.03 bits per heavy atom. The number of carbonyl (C=O) groups is 1. The average molecular weight is 405 g/mol. The summed E-state index contributed by atoms with van der Waals surface area (Å²) in [5, 5.41) is 18.4. The zero-order valence-corrected chi connectivity index (χ0v) is 18.2. The number of nitrogens with zero attached hydrogens (tertiary/aromatic N) is 3. The van der Waals surface area contributed by atoms with Gasteiger partial charge in [0, 0.05) is 32.7 Å². The van der Waals surface area contributed by atoms with Gasteiger partial charge in [-0.2, -0.15) is 0 Å². The van der Waals surface area contributed by atoms with Crippen molar-refractivity contribution in [2.45, 2.75) is 95.2 Å². The van der Waals surface area contributed by atoms with Gasteiger partial charge in [0.05, 0.1) is 6.10 Å². The van der Waals surface area contributed by atoms with E-state index in [1.807, 2.05) is 0 Å². The third-order valence-corrected chi connectivity index (χ3v) is 8.11. The number of rotatable bonds is 6. The molecule has 2 heterocycles. The quantitative estimate of drug-likeness (QED) is 0.714. The molecule has 0 radical (unpaired) electrons. The Morgan fingerprint density at radius 2 is 1.79 bits per heavy atom. The predicted octanol–water partition coefficient (Wildman–Crippen LogP) is 3.05. The second-order valence-electron chi connectivity index (χ2n) is 10.1. The minimum atomic E-state index is -0.156. The van der Waals surface area contributed by atoms with Crippen molar-refractivity contribution in [3.05, 3.63) is 0 Å². The largest absolute Gasteiger partial charge is 0.392 e. The molecular weight excluding hydrogens is 364 g/mol. The number of guanidine groups is 1. The zero-order valence-electron chi connectivity index (χ0n) is 18.2. The van der Waals surface area contributed by atoms with Crippen molar-refractivity contribution >= 4 is 11.9 Å². The number of hydrogen-bond donors (Lipinski definition) is 2. The number of amides is 1. The first kappa shape index (κ1) is 21.1.